The van der Waals surface area contributed by atoms with Gasteiger partial charge in [0.1, 0.15) is 0 Å². The van der Waals surface area contributed by atoms with E-state index in [0.29, 0.717) is 6.54 Å². The predicted molar refractivity (Wildman–Crippen MR) is 123 cm³/mol. The van der Waals surface area contributed by atoms with E-state index in [1.54, 1.807) is 12.1 Å². The lowest BCUT2D eigenvalue weighted by atomic mass is 9.71. The molecule has 3 aromatic carbocycles. The van der Waals surface area contributed by atoms with Crippen LogP contribution in [0.1, 0.15) is 35.1 Å². The van der Waals surface area contributed by atoms with Crippen LogP contribution in [0, 0.1) is 22.0 Å². The van der Waals surface area contributed by atoms with Gasteiger partial charge in [0.05, 0.1) is 16.9 Å². The standard InChI is InChI=1S/C27H24N2O3/c30-27-25-23(20-11-5-2-6-12-20)15-8-16-24(25)26(21-13-7-14-22(17-21)29(31)32)28(27)18-19-9-3-1-4-10-19/h1-14,16-17,23-26H,15,18H2/t23?,24?,25?,26-/m0/s1. The Bertz CT molecular complexity index is 1160. The van der Waals surface area contributed by atoms with E-state index in [1.165, 1.54) is 11.6 Å². The van der Waals surface area contributed by atoms with E-state index in [0.717, 1.165) is 17.5 Å². The van der Waals surface area contributed by atoms with Crippen LogP contribution in [0.2, 0.25) is 0 Å². The molecule has 1 saturated heterocycles. The average molecular weight is 425 g/mol. The van der Waals surface area contributed by atoms with Gasteiger partial charge in [0.15, 0.2) is 0 Å². The van der Waals surface area contributed by atoms with E-state index in [9.17, 15) is 14.9 Å². The normalized spacial score (nSPS) is 24.4. The predicted octanol–water partition coefficient (Wildman–Crippen LogP) is 5.65. The Morgan fingerprint density at radius 1 is 0.906 bits per heavy atom. The highest BCUT2D eigenvalue weighted by Gasteiger charge is 2.51. The second kappa shape index (κ2) is 8.42. The number of hydrogen-bond donors (Lipinski definition) is 0. The van der Waals surface area contributed by atoms with Crippen molar-refractivity contribution in [1.29, 1.82) is 0 Å². The highest BCUT2D eigenvalue weighted by molar-refractivity contribution is 5.84. The molecule has 1 fully saturated rings. The third-order valence-electron chi connectivity index (χ3n) is 6.71. The molecule has 0 N–H and O–H groups in total. The number of rotatable bonds is 5. The molecule has 3 unspecified atom stereocenters. The van der Waals surface area contributed by atoms with Crippen LogP contribution in [-0.4, -0.2) is 15.7 Å². The summed E-state index contributed by atoms with van der Waals surface area (Å²) in [5, 5.41) is 11.4. The maximum Gasteiger partial charge on any atom is 0.269 e. The van der Waals surface area contributed by atoms with E-state index in [2.05, 4.69) is 24.3 Å². The van der Waals surface area contributed by atoms with Crippen LogP contribution in [-0.2, 0) is 11.3 Å². The molecule has 4 atom stereocenters. The van der Waals surface area contributed by atoms with Crippen LogP contribution in [0.4, 0.5) is 5.69 Å². The molecule has 0 saturated carbocycles. The summed E-state index contributed by atoms with van der Waals surface area (Å²) in [7, 11) is 0. The Morgan fingerprint density at radius 3 is 2.31 bits per heavy atom. The van der Waals surface area contributed by atoms with Crippen molar-refractivity contribution in [3.05, 3.63) is 124 Å². The van der Waals surface area contributed by atoms with E-state index >= 15 is 0 Å². The van der Waals surface area contributed by atoms with Gasteiger partial charge in [-0.25, -0.2) is 0 Å². The minimum absolute atomic E-state index is 0.0350. The maximum atomic E-state index is 13.9. The Hall–Kier alpha value is -3.73. The lowest BCUT2D eigenvalue weighted by molar-refractivity contribution is -0.385. The molecule has 0 radical (unpaired) electrons. The number of amides is 1. The zero-order valence-corrected chi connectivity index (χ0v) is 17.6. The largest absolute Gasteiger partial charge is 0.330 e. The average Bonchev–Trinajstić information content (AvgIpc) is 3.12. The lowest BCUT2D eigenvalue weighted by Gasteiger charge is -2.31. The van der Waals surface area contributed by atoms with E-state index < -0.39 is 0 Å². The summed E-state index contributed by atoms with van der Waals surface area (Å²) in [6.07, 6.45) is 5.14. The molecule has 0 aromatic heterocycles. The van der Waals surface area contributed by atoms with Crippen molar-refractivity contribution in [1.82, 2.24) is 4.90 Å². The Kier molecular flexibility index (Phi) is 5.31. The summed E-state index contributed by atoms with van der Waals surface area (Å²) in [4.78, 5) is 26.9. The van der Waals surface area contributed by atoms with Crippen LogP contribution in [0.25, 0.3) is 0 Å². The van der Waals surface area contributed by atoms with Crippen molar-refractivity contribution in [3.63, 3.8) is 0 Å². The monoisotopic (exact) mass is 424 g/mol. The highest BCUT2D eigenvalue weighted by atomic mass is 16.6. The molecule has 1 aliphatic heterocycles. The molecule has 1 aliphatic carbocycles. The van der Waals surface area contributed by atoms with Gasteiger partial charge in [-0.1, -0.05) is 84.9 Å². The Morgan fingerprint density at radius 2 is 1.59 bits per heavy atom. The number of nitrogens with zero attached hydrogens (tertiary/aromatic N) is 2. The number of fused-ring (bicyclic) bond motifs is 1. The number of hydrogen-bond acceptors (Lipinski definition) is 3. The number of non-ortho nitro benzene ring substituents is 1. The van der Waals surface area contributed by atoms with Gasteiger partial charge in [-0.2, -0.15) is 0 Å². The number of allylic oxidation sites excluding steroid dienone is 1. The number of carbonyl (C=O) groups is 1. The van der Waals surface area contributed by atoms with Gasteiger partial charge < -0.3 is 4.90 Å². The molecule has 1 amide bonds. The van der Waals surface area contributed by atoms with Gasteiger partial charge in [0.2, 0.25) is 5.91 Å². The van der Waals surface area contributed by atoms with Crippen molar-refractivity contribution < 1.29 is 9.72 Å². The smallest absolute Gasteiger partial charge is 0.269 e. The van der Waals surface area contributed by atoms with Crippen molar-refractivity contribution in [2.45, 2.75) is 24.9 Å². The number of nitro benzene ring substituents is 1. The van der Waals surface area contributed by atoms with Crippen LogP contribution in [0.3, 0.4) is 0 Å². The van der Waals surface area contributed by atoms with Crippen molar-refractivity contribution in [2.75, 3.05) is 0 Å². The van der Waals surface area contributed by atoms with Gasteiger partial charge in [-0.3, -0.25) is 14.9 Å². The van der Waals surface area contributed by atoms with Gasteiger partial charge in [0.25, 0.3) is 5.69 Å². The summed E-state index contributed by atoms with van der Waals surface area (Å²) in [6.45, 7) is 0.482. The van der Waals surface area contributed by atoms with E-state index in [-0.39, 0.29) is 40.3 Å². The molecular formula is C27H24N2O3. The van der Waals surface area contributed by atoms with Crippen molar-refractivity contribution in [3.8, 4) is 0 Å². The third kappa shape index (κ3) is 3.60. The van der Waals surface area contributed by atoms with Crippen LogP contribution >= 0.6 is 0 Å². The number of carbonyl (C=O) groups excluding carboxylic acids is 1. The molecule has 0 bridgehead atoms. The van der Waals surface area contributed by atoms with E-state index in [1.807, 2.05) is 59.5 Å². The summed E-state index contributed by atoms with van der Waals surface area (Å²) in [5.41, 5.74) is 3.08. The topological polar surface area (TPSA) is 63.4 Å². The van der Waals surface area contributed by atoms with Crippen molar-refractivity contribution >= 4 is 11.6 Å². The molecule has 0 spiro atoms. The van der Waals surface area contributed by atoms with Crippen LogP contribution in [0.15, 0.2) is 97.1 Å². The first-order valence-electron chi connectivity index (χ1n) is 10.9. The minimum atomic E-state index is -0.372. The van der Waals surface area contributed by atoms with Gasteiger partial charge in [0, 0.05) is 24.6 Å². The van der Waals surface area contributed by atoms with E-state index in [4.69, 9.17) is 0 Å². The SMILES string of the molecule is O=C1C2C(c3ccccc3)CC=CC2[C@H](c2cccc([N+](=O)[O-])c2)N1Cc1ccccc1. The number of likely N-dealkylation sites (tertiary alicyclic amines) is 1. The first-order chi connectivity index (χ1) is 15.6. The van der Waals surface area contributed by atoms with Gasteiger partial charge in [-0.15, -0.1) is 0 Å². The zero-order valence-electron chi connectivity index (χ0n) is 17.6. The Balaban J connectivity index is 1.59. The molecule has 5 rings (SSSR count). The molecule has 3 aromatic rings. The summed E-state index contributed by atoms with van der Waals surface area (Å²) < 4.78 is 0. The second-order valence-electron chi connectivity index (χ2n) is 8.53. The summed E-state index contributed by atoms with van der Waals surface area (Å²) in [6, 6.07) is 26.7. The van der Waals surface area contributed by atoms with Crippen molar-refractivity contribution in [2.24, 2.45) is 11.8 Å². The fourth-order valence-corrected chi connectivity index (χ4v) is 5.32. The molecule has 5 nitrogen and oxygen atoms in total. The fraction of sp³-hybridized carbons (Fsp3) is 0.222. The lowest BCUT2D eigenvalue weighted by Crippen LogP contribution is -2.30. The van der Waals surface area contributed by atoms with Gasteiger partial charge in [-0.05, 0) is 29.0 Å². The van der Waals surface area contributed by atoms with Crippen LogP contribution in [0.5, 0.6) is 0 Å². The summed E-state index contributed by atoms with van der Waals surface area (Å²) >= 11 is 0. The molecule has 2 aliphatic rings. The third-order valence-corrected chi connectivity index (χ3v) is 6.71. The highest BCUT2D eigenvalue weighted by Crippen LogP contribution is 2.52. The number of nitro groups is 1. The van der Waals surface area contributed by atoms with Gasteiger partial charge >= 0.3 is 0 Å². The maximum absolute atomic E-state index is 13.9. The molecule has 5 heteroatoms. The minimum Gasteiger partial charge on any atom is -0.330 e. The number of benzene rings is 3. The Labute approximate surface area is 187 Å². The molecule has 1 heterocycles. The summed E-state index contributed by atoms with van der Waals surface area (Å²) in [5.74, 6) is -0.00298. The first-order valence-corrected chi connectivity index (χ1v) is 10.9. The molecule has 32 heavy (non-hydrogen) atoms. The first kappa shape index (κ1) is 20.2. The van der Waals surface area contributed by atoms with Crippen LogP contribution < -0.4 is 0 Å². The zero-order chi connectivity index (χ0) is 22.1. The second-order valence-corrected chi connectivity index (χ2v) is 8.53. The molecule has 160 valence electrons. The molecular weight excluding hydrogens is 400 g/mol. The quantitative estimate of drug-likeness (QED) is 0.302. The fourth-order valence-electron chi connectivity index (χ4n) is 5.32.